The Morgan fingerprint density at radius 3 is 2.09 bits per heavy atom. The van der Waals surface area contributed by atoms with E-state index in [0.29, 0.717) is 43.0 Å². The molecule has 0 N–H and O–H groups in total. The first-order valence-corrected chi connectivity index (χ1v) is 12.6. The Bertz CT molecular complexity index is 1280. The second-order valence-electron chi connectivity index (χ2n) is 7.88. The number of esters is 1. The lowest BCUT2D eigenvalue weighted by Crippen LogP contribution is -2.40. The van der Waals surface area contributed by atoms with Crippen LogP contribution in [0.15, 0.2) is 95.9 Å². The molecule has 180 valence electrons. The molecule has 3 aromatic rings. The molecule has 4 rings (SSSR count). The molecule has 0 aromatic heterocycles. The lowest BCUT2D eigenvalue weighted by Gasteiger charge is -2.26. The van der Waals surface area contributed by atoms with Crippen molar-refractivity contribution >= 4 is 27.9 Å². The van der Waals surface area contributed by atoms with Gasteiger partial charge in [-0.2, -0.15) is 4.31 Å². The number of hydrogen-bond acceptors (Lipinski definition) is 6. The van der Waals surface area contributed by atoms with Gasteiger partial charge in [0.05, 0.1) is 18.1 Å². The molecule has 1 aliphatic heterocycles. The van der Waals surface area contributed by atoms with Gasteiger partial charge in [0, 0.05) is 30.3 Å². The highest BCUT2D eigenvalue weighted by atomic mass is 32.2. The van der Waals surface area contributed by atoms with Gasteiger partial charge in [-0.25, -0.2) is 13.2 Å². The van der Waals surface area contributed by atoms with Crippen LogP contribution in [0.4, 0.5) is 0 Å². The quantitative estimate of drug-likeness (QED) is 0.270. The van der Waals surface area contributed by atoms with E-state index in [2.05, 4.69) is 0 Å². The standard InChI is InChI=1S/C27H25NO6S/c29-25(34-27(23-9-5-2-6-10-23)26(30)22-7-3-1-4-8-22)16-13-21-11-14-24(15-12-21)35(31,32)28-17-19-33-20-18-28/h1-16,27H,17-20H2/b16-13+/t27-/m1/s1. The molecular weight excluding hydrogens is 466 g/mol. The van der Waals surface area contributed by atoms with Gasteiger partial charge in [-0.05, 0) is 23.8 Å². The molecule has 0 spiro atoms. The summed E-state index contributed by atoms with van der Waals surface area (Å²) in [5.41, 5.74) is 1.63. The van der Waals surface area contributed by atoms with Crippen molar-refractivity contribution in [2.24, 2.45) is 0 Å². The summed E-state index contributed by atoms with van der Waals surface area (Å²) in [4.78, 5) is 25.8. The van der Waals surface area contributed by atoms with Crippen LogP contribution in [0.1, 0.15) is 27.6 Å². The number of sulfonamides is 1. The van der Waals surface area contributed by atoms with Crippen LogP contribution in [0.2, 0.25) is 0 Å². The van der Waals surface area contributed by atoms with Crippen molar-refractivity contribution < 1.29 is 27.5 Å². The lowest BCUT2D eigenvalue weighted by molar-refractivity contribution is -0.141. The minimum absolute atomic E-state index is 0.178. The molecule has 1 saturated heterocycles. The van der Waals surface area contributed by atoms with E-state index < -0.39 is 22.1 Å². The molecule has 1 atom stereocenters. The Balaban J connectivity index is 1.46. The zero-order valence-corrected chi connectivity index (χ0v) is 19.8. The van der Waals surface area contributed by atoms with Crippen LogP contribution in [0.3, 0.4) is 0 Å². The molecule has 0 saturated carbocycles. The monoisotopic (exact) mass is 491 g/mol. The van der Waals surface area contributed by atoms with E-state index in [1.165, 1.54) is 28.6 Å². The normalized spacial score (nSPS) is 15.5. The summed E-state index contributed by atoms with van der Waals surface area (Å²) >= 11 is 0. The number of nitrogens with zero attached hydrogens (tertiary/aromatic N) is 1. The molecule has 8 heteroatoms. The average Bonchev–Trinajstić information content (AvgIpc) is 2.92. The van der Waals surface area contributed by atoms with E-state index in [1.54, 1.807) is 66.7 Å². The summed E-state index contributed by atoms with van der Waals surface area (Å²) in [5, 5.41) is 0. The van der Waals surface area contributed by atoms with Crippen LogP contribution in [-0.2, 0) is 24.3 Å². The van der Waals surface area contributed by atoms with Crippen molar-refractivity contribution in [2.45, 2.75) is 11.0 Å². The molecule has 35 heavy (non-hydrogen) atoms. The Kier molecular flexibility index (Phi) is 7.87. The van der Waals surface area contributed by atoms with Crippen molar-refractivity contribution in [1.29, 1.82) is 0 Å². The number of benzene rings is 3. The number of rotatable bonds is 8. The molecule has 1 aliphatic rings. The first-order valence-electron chi connectivity index (χ1n) is 11.2. The third kappa shape index (κ3) is 6.10. The number of Topliss-reactive ketones (excluding diaryl/α,β-unsaturated/α-hetero) is 1. The first-order chi connectivity index (χ1) is 16.9. The highest BCUT2D eigenvalue weighted by Gasteiger charge is 2.27. The van der Waals surface area contributed by atoms with E-state index in [4.69, 9.17) is 9.47 Å². The number of carbonyl (C=O) groups is 2. The maximum atomic E-state index is 13.0. The largest absolute Gasteiger partial charge is 0.446 e. The molecule has 0 unspecified atom stereocenters. The van der Waals surface area contributed by atoms with Gasteiger partial charge >= 0.3 is 5.97 Å². The molecule has 0 radical (unpaired) electrons. The molecular formula is C27H25NO6S. The molecule has 0 aliphatic carbocycles. The Morgan fingerprint density at radius 1 is 0.857 bits per heavy atom. The number of morpholine rings is 1. The number of ether oxygens (including phenoxy) is 2. The lowest BCUT2D eigenvalue weighted by atomic mass is 10.00. The van der Waals surface area contributed by atoms with Gasteiger partial charge in [-0.1, -0.05) is 72.8 Å². The van der Waals surface area contributed by atoms with Gasteiger partial charge in [0.1, 0.15) is 0 Å². The second-order valence-corrected chi connectivity index (χ2v) is 9.81. The minimum Gasteiger partial charge on any atom is -0.446 e. The van der Waals surface area contributed by atoms with Gasteiger partial charge in [0.25, 0.3) is 0 Å². The van der Waals surface area contributed by atoms with Crippen molar-refractivity contribution in [3.05, 3.63) is 108 Å². The van der Waals surface area contributed by atoms with Gasteiger partial charge in [-0.15, -0.1) is 0 Å². The Labute approximate surface area is 204 Å². The van der Waals surface area contributed by atoms with Gasteiger partial charge < -0.3 is 9.47 Å². The van der Waals surface area contributed by atoms with Crippen LogP contribution < -0.4 is 0 Å². The van der Waals surface area contributed by atoms with Crippen LogP contribution in [0, 0.1) is 0 Å². The number of hydrogen-bond donors (Lipinski definition) is 0. The summed E-state index contributed by atoms with van der Waals surface area (Å²) in [6, 6.07) is 23.7. The minimum atomic E-state index is -3.59. The summed E-state index contributed by atoms with van der Waals surface area (Å²) in [7, 11) is -3.59. The van der Waals surface area contributed by atoms with E-state index in [9.17, 15) is 18.0 Å². The third-order valence-corrected chi connectivity index (χ3v) is 7.45. The fourth-order valence-corrected chi connectivity index (χ4v) is 5.07. The van der Waals surface area contributed by atoms with Gasteiger partial charge in [0.2, 0.25) is 15.8 Å². The maximum Gasteiger partial charge on any atom is 0.331 e. The summed E-state index contributed by atoms with van der Waals surface area (Å²) in [6.07, 6.45) is 1.65. The highest BCUT2D eigenvalue weighted by molar-refractivity contribution is 7.89. The summed E-state index contributed by atoms with van der Waals surface area (Å²) in [6.45, 7) is 1.39. The second kappa shape index (κ2) is 11.2. The fraction of sp³-hybridized carbons (Fsp3) is 0.185. The smallest absolute Gasteiger partial charge is 0.331 e. The molecule has 1 fully saturated rings. The summed E-state index contributed by atoms with van der Waals surface area (Å²) in [5.74, 6) is -1.01. The zero-order chi connectivity index (χ0) is 24.7. The zero-order valence-electron chi connectivity index (χ0n) is 18.9. The highest BCUT2D eigenvalue weighted by Crippen LogP contribution is 2.23. The van der Waals surface area contributed by atoms with Gasteiger partial charge in [0.15, 0.2) is 6.10 Å². The van der Waals surface area contributed by atoms with Crippen LogP contribution in [0.25, 0.3) is 6.08 Å². The predicted octanol–water partition coefficient (Wildman–Crippen LogP) is 3.89. The molecule has 1 heterocycles. The topological polar surface area (TPSA) is 90.0 Å². The maximum absolute atomic E-state index is 13.0. The van der Waals surface area contributed by atoms with Crippen molar-refractivity contribution in [3.63, 3.8) is 0 Å². The SMILES string of the molecule is O=C(/C=C/c1ccc(S(=O)(=O)N2CCOCC2)cc1)O[C@@H](C(=O)c1ccccc1)c1ccccc1. The number of ketones is 1. The van der Waals surface area contributed by atoms with Crippen LogP contribution in [-0.4, -0.2) is 50.8 Å². The van der Waals surface area contributed by atoms with Crippen molar-refractivity contribution in [3.8, 4) is 0 Å². The van der Waals surface area contributed by atoms with Crippen molar-refractivity contribution in [1.82, 2.24) is 4.31 Å². The van der Waals surface area contributed by atoms with E-state index in [0.717, 1.165) is 0 Å². The molecule has 0 bridgehead atoms. The van der Waals surface area contributed by atoms with Crippen molar-refractivity contribution in [2.75, 3.05) is 26.3 Å². The van der Waals surface area contributed by atoms with E-state index in [-0.39, 0.29) is 10.7 Å². The fourth-order valence-electron chi connectivity index (χ4n) is 3.66. The molecule has 3 aromatic carbocycles. The van der Waals surface area contributed by atoms with Crippen LogP contribution >= 0.6 is 0 Å². The first kappa shape index (κ1) is 24.5. The average molecular weight is 492 g/mol. The third-order valence-electron chi connectivity index (χ3n) is 5.53. The number of carbonyl (C=O) groups excluding carboxylic acids is 2. The van der Waals surface area contributed by atoms with E-state index in [1.807, 2.05) is 6.07 Å². The van der Waals surface area contributed by atoms with Gasteiger partial charge in [-0.3, -0.25) is 4.79 Å². The van der Waals surface area contributed by atoms with E-state index >= 15 is 0 Å². The molecule has 0 amide bonds. The van der Waals surface area contributed by atoms with Crippen LogP contribution in [0.5, 0.6) is 0 Å². The predicted molar refractivity (Wildman–Crippen MR) is 131 cm³/mol. The Morgan fingerprint density at radius 2 is 1.46 bits per heavy atom. The molecule has 7 nitrogen and oxygen atoms in total. The summed E-state index contributed by atoms with van der Waals surface area (Å²) < 4.78 is 37.7. The Hall–Kier alpha value is -3.59.